The molecule has 0 saturated heterocycles. The molecule has 0 fully saturated rings. The number of nitrogens with one attached hydrogen (secondary N) is 2. The van der Waals surface area contributed by atoms with Crippen molar-refractivity contribution < 1.29 is 14.7 Å². The molecule has 2 amide bonds. The van der Waals surface area contributed by atoms with E-state index in [0.717, 1.165) is 17.4 Å². The Balaban J connectivity index is 2.82. The van der Waals surface area contributed by atoms with Crippen LogP contribution in [0.1, 0.15) is 32.3 Å². The van der Waals surface area contributed by atoms with Gasteiger partial charge >= 0.3 is 5.69 Å². The largest absolute Gasteiger partial charge is 0.394 e. The van der Waals surface area contributed by atoms with Gasteiger partial charge in [-0.25, -0.2) is 4.79 Å². The third kappa shape index (κ3) is 5.86. The molecular weight excluding hydrogens is 328 g/mol. The van der Waals surface area contributed by atoms with Gasteiger partial charge in [-0.05, 0) is 19.8 Å². The Morgan fingerprint density at radius 3 is 2.40 bits per heavy atom. The van der Waals surface area contributed by atoms with Crippen LogP contribution in [-0.4, -0.2) is 57.1 Å². The molecule has 1 atom stereocenters. The highest BCUT2D eigenvalue weighted by molar-refractivity contribution is 5.87. The molecule has 1 rings (SSSR count). The highest BCUT2D eigenvalue weighted by Crippen LogP contribution is 2.00. The Morgan fingerprint density at radius 1 is 1.28 bits per heavy atom. The first-order chi connectivity index (χ1) is 11.8. The smallest absolute Gasteiger partial charge is 0.328 e. The summed E-state index contributed by atoms with van der Waals surface area (Å²) in [5.74, 6) is -0.960. The lowest BCUT2D eigenvalue weighted by Crippen LogP contribution is -2.52. The number of carbonyl (C=O) groups excluding carboxylic acids is 2. The first-order valence-electron chi connectivity index (χ1n) is 8.33. The fraction of sp³-hybridized carbons (Fsp3) is 0.625. The fourth-order valence-corrected chi connectivity index (χ4v) is 2.41. The summed E-state index contributed by atoms with van der Waals surface area (Å²) in [4.78, 5) is 51.3. The van der Waals surface area contributed by atoms with Crippen molar-refractivity contribution in [2.45, 2.75) is 46.2 Å². The first kappa shape index (κ1) is 20.6. The maximum Gasteiger partial charge on any atom is 0.328 e. The van der Waals surface area contributed by atoms with Gasteiger partial charge in [0.2, 0.25) is 11.8 Å². The lowest BCUT2D eigenvalue weighted by atomic mass is 10.2. The quantitative estimate of drug-likeness (QED) is 0.523. The van der Waals surface area contributed by atoms with Gasteiger partial charge in [0.25, 0.3) is 5.56 Å². The second-order valence-electron chi connectivity index (χ2n) is 5.83. The highest BCUT2D eigenvalue weighted by Gasteiger charge is 2.24. The summed E-state index contributed by atoms with van der Waals surface area (Å²) in [7, 11) is 0. The summed E-state index contributed by atoms with van der Waals surface area (Å²) in [5, 5.41) is 11.9. The first-order valence-corrected chi connectivity index (χ1v) is 8.33. The number of aromatic amines is 1. The molecule has 0 aliphatic heterocycles. The zero-order valence-corrected chi connectivity index (χ0v) is 14.9. The molecule has 140 valence electrons. The molecule has 0 spiro atoms. The number of carbonyl (C=O) groups is 2. The van der Waals surface area contributed by atoms with Gasteiger partial charge in [-0.1, -0.05) is 13.8 Å². The van der Waals surface area contributed by atoms with E-state index in [2.05, 4.69) is 10.3 Å². The predicted molar refractivity (Wildman–Crippen MR) is 92.2 cm³/mol. The van der Waals surface area contributed by atoms with E-state index in [1.54, 1.807) is 4.90 Å². The molecule has 9 heteroatoms. The van der Waals surface area contributed by atoms with Crippen molar-refractivity contribution in [3.8, 4) is 0 Å². The molecule has 0 bridgehead atoms. The Bertz CT molecular complexity index is 703. The van der Waals surface area contributed by atoms with Gasteiger partial charge < -0.3 is 15.3 Å². The summed E-state index contributed by atoms with van der Waals surface area (Å²) in [6.07, 6.45) is 2.81. The van der Waals surface area contributed by atoms with Crippen LogP contribution in [0.5, 0.6) is 0 Å². The van der Waals surface area contributed by atoms with Crippen LogP contribution in [0.2, 0.25) is 0 Å². The summed E-state index contributed by atoms with van der Waals surface area (Å²) in [6.45, 7) is 5.58. The van der Waals surface area contributed by atoms with Gasteiger partial charge in [0.15, 0.2) is 0 Å². The molecule has 0 aliphatic carbocycles. The minimum Gasteiger partial charge on any atom is -0.394 e. The van der Waals surface area contributed by atoms with Crippen LogP contribution < -0.4 is 16.6 Å². The Kier molecular flexibility index (Phi) is 8.06. The highest BCUT2D eigenvalue weighted by atomic mass is 16.3. The number of aliphatic hydroxyl groups is 1. The number of aliphatic hydroxyl groups excluding tert-OH is 1. The Morgan fingerprint density at radius 2 is 1.88 bits per heavy atom. The molecule has 1 aromatic heterocycles. The van der Waals surface area contributed by atoms with Crippen LogP contribution in [0.15, 0.2) is 15.8 Å². The number of H-pyrrole nitrogens is 1. The predicted octanol–water partition coefficient (Wildman–Crippen LogP) is -1.03. The number of amides is 2. The molecule has 1 aromatic rings. The maximum atomic E-state index is 12.4. The van der Waals surface area contributed by atoms with Crippen LogP contribution in [0.25, 0.3) is 0 Å². The van der Waals surface area contributed by atoms with Gasteiger partial charge in [0, 0.05) is 24.8 Å². The summed E-state index contributed by atoms with van der Waals surface area (Å²) in [6, 6.07) is -1.06. The van der Waals surface area contributed by atoms with E-state index in [9.17, 15) is 24.3 Å². The minimum atomic E-state index is -1.06. The third-order valence-electron chi connectivity index (χ3n) is 3.62. The normalized spacial score (nSPS) is 11.8. The van der Waals surface area contributed by atoms with Crippen molar-refractivity contribution in [3.05, 3.63) is 32.6 Å². The second-order valence-corrected chi connectivity index (χ2v) is 5.83. The van der Waals surface area contributed by atoms with Gasteiger partial charge in [0.05, 0.1) is 6.61 Å². The van der Waals surface area contributed by atoms with Crippen LogP contribution in [-0.2, 0) is 16.1 Å². The standard InChI is InChI=1S/C16H26N4O5/c1-4-6-19(7-5-2)15(24)12(10-21)17-13(22)9-20-8-11(3)14(23)18-16(20)25/h8,12,21H,4-7,9-10H2,1-3H3,(H,17,22)(H,18,23,25). The molecular formula is C16H26N4O5. The van der Waals surface area contributed by atoms with Crippen molar-refractivity contribution in [1.29, 1.82) is 0 Å². The van der Waals surface area contributed by atoms with Crippen molar-refractivity contribution >= 4 is 11.8 Å². The molecule has 1 heterocycles. The average Bonchev–Trinajstić information content (AvgIpc) is 2.56. The molecule has 9 nitrogen and oxygen atoms in total. The second kappa shape index (κ2) is 9.77. The van der Waals surface area contributed by atoms with E-state index < -0.39 is 29.8 Å². The molecule has 0 saturated carbocycles. The summed E-state index contributed by atoms with van der Waals surface area (Å²) >= 11 is 0. The fourth-order valence-electron chi connectivity index (χ4n) is 2.41. The van der Waals surface area contributed by atoms with Gasteiger partial charge in [-0.15, -0.1) is 0 Å². The molecule has 3 N–H and O–H groups in total. The molecule has 1 unspecified atom stereocenters. The lowest BCUT2D eigenvalue weighted by Gasteiger charge is -2.26. The zero-order chi connectivity index (χ0) is 19.0. The third-order valence-corrected chi connectivity index (χ3v) is 3.62. The van der Waals surface area contributed by atoms with E-state index in [-0.39, 0.29) is 12.5 Å². The van der Waals surface area contributed by atoms with Crippen LogP contribution in [0.4, 0.5) is 0 Å². The van der Waals surface area contributed by atoms with E-state index in [4.69, 9.17) is 0 Å². The van der Waals surface area contributed by atoms with Gasteiger partial charge in [-0.2, -0.15) is 0 Å². The van der Waals surface area contributed by atoms with Crippen molar-refractivity contribution in [3.63, 3.8) is 0 Å². The maximum absolute atomic E-state index is 12.4. The number of aryl methyl sites for hydroxylation is 1. The van der Waals surface area contributed by atoms with Gasteiger partial charge in [-0.3, -0.25) is 23.9 Å². The lowest BCUT2D eigenvalue weighted by molar-refractivity contribution is -0.137. The van der Waals surface area contributed by atoms with Crippen LogP contribution in [0.3, 0.4) is 0 Å². The minimum absolute atomic E-state index is 0.291. The van der Waals surface area contributed by atoms with E-state index >= 15 is 0 Å². The number of hydrogen-bond donors (Lipinski definition) is 3. The van der Waals surface area contributed by atoms with Crippen LogP contribution in [0, 0.1) is 6.92 Å². The molecule has 0 radical (unpaired) electrons. The van der Waals surface area contributed by atoms with E-state index in [0.29, 0.717) is 18.7 Å². The number of rotatable bonds is 9. The van der Waals surface area contributed by atoms with Crippen LogP contribution >= 0.6 is 0 Å². The number of nitrogens with zero attached hydrogens (tertiary/aromatic N) is 2. The number of aromatic nitrogens is 2. The monoisotopic (exact) mass is 354 g/mol. The topological polar surface area (TPSA) is 124 Å². The zero-order valence-electron chi connectivity index (χ0n) is 14.9. The van der Waals surface area contributed by atoms with Gasteiger partial charge in [0.1, 0.15) is 12.6 Å². The van der Waals surface area contributed by atoms with E-state index in [1.807, 2.05) is 13.8 Å². The SMILES string of the molecule is CCCN(CCC)C(=O)C(CO)NC(=O)Cn1cc(C)c(=O)[nH]c1=O. The Labute approximate surface area is 145 Å². The number of hydrogen-bond acceptors (Lipinski definition) is 5. The molecule has 0 aromatic carbocycles. The average molecular weight is 354 g/mol. The van der Waals surface area contributed by atoms with Crippen molar-refractivity contribution in [2.24, 2.45) is 0 Å². The van der Waals surface area contributed by atoms with Crippen molar-refractivity contribution in [1.82, 2.24) is 19.8 Å². The molecule has 0 aliphatic rings. The van der Waals surface area contributed by atoms with Crippen molar-refractivity contribution in [2.75, 3.05) is 19.7 Å². The summed E-state index contributed by atoms with van der Waals surface area (Å²) < 4.78 is 1.04. The summed E-state index contributed by atoms with van der Waals surface area (Å²) in [5.41, 5.74) is -0.935. The Hall–Kier alpha value is -2.42. The van der Waals surface area contributed by atoms with E-state index in [1.165, 1.54) is 13.1 Å². The molecule has 25 heavy (non-hydrogen) atoms.